The number of hydrogen-bond donors (Lipinski definition) is 2. The Morgan fingerprint density at radius 1 is 1.14 bits per heavy atom. The van der Waals surface area contributed by atoms with Crippen LogP contribution < -0.4 is 10.6 Å². The van der Waals surface area contributed by atoms with Crippen LogP contribution in [-0.4, -0.2) is 60.3 Å². The van der Waals surface area contributed by atoms with Gasteiger partial charge in [0.05, 0.1) is 10.4 Å². The van der Waals surface area contributed by atoms with Crippen molar-refractivity contribution in [3.63, 3.8) is 0 Å². The molecule has 0 radical (unpaired) electrons. The lowest BCUT2D eigenvalue weighted by molar-refractivity contribution is -0.121. The van der Waals surface area contributed by atoms with Crippen molar-refractivity contribution in [3.05, 3.63) is 88.2 Å². The minimum absolute atomic E-state index is 0.0168. The summed E-state index contributed by atoms with van der Waals surface area (Å²) >= 11 is 0. The van der Waals surface area contributed by atoms with E-state index in [1.807, 2.05) is 44.2 Å². The number of nitrogens with one attached hydrogen (secondary N) is 2. The summed E-state index contributed by atoms with van der Waals surface area (Å²) < 4.78 is 46.8. The fraction of sp³-hybridized carbons (Fsp3) is 0.406. The van der Waals surface area contributed by atoms with Crippen LogP contribution in [0.15, 0.2) is 59.5 Å². The quantitative estimate of drug-likeness (QED) is 0.263. The molecule has 3 aromatic carbocycles. The number of carbonyl (C=O) groups excluding carboxylic acids is 1. The second-order valence-corrected chi connectivity index (χ2v) is 13.3. The third-order valence-electron chi connectivity index (χ3n) is 8.21. The molecule has 4 aromatic rings. The van der Waals surface area contributed by atoms with Gasteiger partial charge in [-0.2, -0.15) is 4.31 Å². The van der Waals surface area contributed by atoms with Crippen molar-refractivity contribution in [1.29, 1.82) is 0 Å². The predicted octanol–water partition coefficient (Wildman–Crippen LogP) is 4.14. The van der Waals surface area contributed by atoms with E-state index in [4.69, 9.17) is 0 Å². The van der Waals surface area contributed by atoms with E-state index in [-0.39, 0.29) is 30.3 Å². The maximum atomic E-state index is 16.0. The summed E-state index contributed by atoms with van der Waals surface area (Å²) in [5.41, 5.74) is 4.39. The normalized spacial score (nSPS) is 17.4. The number of fused-ring (bicyclic) bond motifs is 2. The molecule has 0 unspecified atom stereocenters. The molecule has 0 saturated heterocycles. The van der Waals surface area contributed by atoms with Crippen molar-refractivity contribution < 1.29 is 17.6 Å². The number of benzene rings is 3. The SMILES string of the molecule is CCn1nnc2c(F)c([C@@H](CC(=O)NCCNC)c3ccc(C)c(CN4C[C@@H](C)Cc5ccccc5S4(=O)=O)c3)ccc21. The van der Waals surface area contributed by atoms with Gasteiger partial charge in [-0.05, 0) is 73.2 Å². The van der Waals surface area contributed by atoms with Gasteiger partial charge in [0.2, 0.25) is 15.9 Å². The first-order valence-corrected chi connectivity index (χ1v) is 16.2. The van der Waals surface area contributed by atoms with E-state index < -0.39 is 21.8 Å². The van der Waals surface area contributed by atoms with Gasteiger partial charge in [0.1, 0.15) is 5.52 Å². The average molecular weight is 607 g/mol. The van der Waals surface area contributed by atoms with Crippen LogP contribution in [0.4, 0.5) is 4.39 Å². The van der Waals surface area contributed by atoms with E-state index in [2.05, 4.69) is 27.9 Å². The monoisotopic (exact) mass is 606 g/mol. The molecule has 2 atom stereocenters. The fourth-order valence-electron chi connectivity index (χ4n) is 5.88. The molecular weight excluding hydrogens is 567 g/mol. The summed E-state index contributed by atoms with van der Waals surface area (Å²) in [6.07, 6.45) is 0.697. The minimum atomic E-state index is -3.73. The molecule has 1 aliphatic rings. The van der Waals surface area contributed by atoms with Crippen molar-refractivity contribution in [1.82, 2.24) is 29.9 Å². The van der Waals surface area contributed by atoms with Gasteiger partial charge < -0.3 is 10.6 Å². The van der Waals surface area contributed by atoms with Gasteiger partial charge in [-0.25, -0.2) is 17.5 Å². The number of amides is 1. The Morgan fingerprint density at radius 2 is 1.93 bits per heavy atom. The number of aryl methyl sites for hydroxylation is 2. The summed E-state index contributed by atoms with van der Waals surface area (Å²) in [4.78, 5) is 13.4. The summed E-state index contributed by atoms with van der Waals surface area (Å²) in [5.74, 6) is -1.20. The van der Waals surface area contributed by atoms with Crippen LogP contribution in [-0.2, 0) is 34.3 Å². The fourth-order valence-corrected chi connectivity index (χ4v) is 7.65. The highest BCUT2D eigenvalue weighted by atomic mass is 32.2. The number of rotatable bonds is 10. The number of halogens is 1. The molecule has 1 aliphatic heterocycles. The highest BCUT2D eigenvalue weighted by Gasteiger charge is 2.33. The molecule has 1 amide bonds. The summed E-state index contributed by atoms with van der Waals surface area (Å²) in [6, 6.07) is 16.4. The van der Waals surface area contributed by atoms with Crippen molar-refractivity contribution >= 4 is 27.0 Å². The number of hydrogen-bond acceptors (Lipinski definition) is 6. The molecule has 0 spiro atoms. The highest BCUT2D eigenvalue weighted by Crippen LogP contribution is 2.35. The first-order chi connectivity index (χ1) is 20.6. The molecule has 5 rings (SSSR count). The first-order valence-electron chi connectivity index (χ1n) is 14.7. The van der Waals surface area contributed by atoms with Crippen LogP contribution in [0.25, 0.3) is 11.0 Å². The van der Waals surface area contributed by atoms with Crippen molar-refractivity contribution in [2.75, 3.05) is 26.7 Å². The van der Waals surface area contributed by atoms with Crippen molar-refractivity contribution in [2.24, 2.45) is 5.92 Å². The second kappa shape index (κ2) is 12.9. The Morgan fingerprint density at radius 3 is 2.70 bits per heavy atom. The summed E-state index contributed by atoms with van der Waals surface area (Å²) in [5, 5.41) is 14.1. The minimum Gasteiger partial charge on any atom is -0.355 e. The third-order valence-corrected chi connectivity index (χ3v) is 10.1. The Kier molecular flexibility index (Phi) is 9.24. The van der Waals surface area contributed by atoms with Crippen LogP contribution in [0.3, 0.4) is 0 Å². The molecule has 2 N–H and O–H groups in total. The molecule has 9 nitrogen and oxygen atoms in total. The Bertz CT molecular complexity index is 1740. The standard InChI is InChI=1S/C32H39FN6O3S/c1-5-39-28-13-12-26(31(33)32(28)36-37-39)27(18-30(40)35-15-14-34-4)23-11-10-22(3)25(17-23)20-38-19-21(2)16-24-8-6-7-9-29(24)43(38,41)42/h6-13,17,21,27,34H,5,14-16,18-20H2,1-4H3,(H,35,40)/t21-,27-/m0/s1. The Hall–Kier alpha value is -3.67. The van der Waals surface area contributed by atoms with Crippen LogP contribution in [0.5, 0.6) is 0 Å². The Balaban J connectivity index is 1.54. The van der Waals surface area contributed by atoms with E-state index in [9.17, 15) is 13.2 Å². The van der Waals surface area contributed by atoms with E-state index in [1.54, 1.807) is 40.3 Å². The van der Waals surface area contributed by atoms with Crippen LogP contribution in [0, 0.1) is 18.7 Å². The molecule has 43 heavy (non-hydrogen) atoms. The summed E-state index contributed by atoms with van der Waals surface area (Å²) in [6.45, 7) is 8.08. The first kappa shape index (κ1) is 30.8. The van der Waals surface area contributed by atoms with Gasteiger partial charge in [-0.15, -0.1) is 5.10 Å². The number of aromatic nitrogens is 3. The van der Waals surface area contributed by atoms with E-state index >= 15 is 4.39 Å². The van der Waals surface area contributed by atoms with Gasteiger partial charge in [0.25, 0.3) is 0 Å². The number of likely N-dealkylation sites (N-methyl/N-ethyl adjacent to an activating group) is 1. The lowest BCUT2D eigenvalue weighted by Crippen LogP contribution is -2.33. The van der Waals surface area contributed by atoms with Crippen molar-refractivity contribution in [2.45, 2.75) is 57.5 Å². The molecule has 11 heteroatoms. The summed E-state index contributed by atoms with van der Waals surface area (Å²) in [7, 11) is -1.92. The average Bonchev–Trinajstić information content (AvgIpc) is 3.38. The molecular formula is C32H39FN6O3S. The van der Waals surface area contributed by atoms with Gasteiger partial charge >= 0.3 is 0 Å². The van der Waals surface area contributed by atoms with Crippen molar-refractivity contribution in [3.8, 4) is 0 Å². The molecule has 0 aliphatic carbocycles. The molecule has 2 heterocycles. The smallest absolute Gasteiger partial charge is 0.243 e. The highest BCUT2D eigenvalue weighted by molar-refractivity contribution is 7.89. The van der Waals surface area contributed by atoms with Gasteiger partial charge in [0.15, 0.2) is 5.82 Å². The maximum Gasteiger partial charge on any atom is 0.243 e. The number of carbonyl (C=O) groups is 1. The lowest BCUT2D eigenvalue weighted by Gasteiger charge is -2.25. The zero-order valence-electron chi connectivity index (χ0n) is 25.1. The third kappa shape index (κ3) is 6.34. The lowest BCUT2D eigenvalue weighted by atomic mass is 9.86. The van der Waals surface area contributed by atoms with Gasteiger partial charge in [0, 0.05) is 45.1 Å². The topological polar surface area (TPSA) is 109 Å². The molecule has 0 fully saturated rings. The molecule has 1 aromatic heterocycles. The van der Waals surface area contributed by atoms with E-state index in [1.165, 1.54) is 0 Å². The number of nitrogens with zero attached hydrogens (tertiary/aromatic N) is 4. The Labute approximate surface area is 252 Å². The van der Waals surface area contributed by atoms with Crippen LogP contribution in [0.1, 0.15) is 54.0 Å². The molecule has 228 valence electrons. The van der Waals surface area contributed by atoms with E-state index in [0.29, 0.717) is 48.6 Å². The van der Waals surface area contributed by atoms with Gasteiger partial charge in [-0.3, -0.25) is 4.79 Å². The maximum absolute atomic E-state index is 16.0. The molecule has 0 bridgehead atoms. The number of sulfonamides is 1. The van der Waals surface area contributed by atoms with Gasteiger partial charge in [-0.1, -0.05) is 54.6 Å². The van der Waals surface area contributed by atoms with Crippen LogP contribution in [0.2, 0.25) is 0 Å². The van der Waals surface area contributed by atoms with E-state index in [0.717, 1.165) is 22.3 Å². The second-order valence-electron chi connectivity index (χ2n) is 11.4. The largest absolute Gasteiger partial charge is 0.355 e. The predicted molar refractivity (Wildman–Crippen MR) is 165 cm³/mol. The molecule has 0 saturated carbocycles. The zero-order valence-corrected chi connectivity index (χ0v) is 25.9. The zero-order chi connectivity index (χ0) is 30.7. The van der Waals surface area contributed by atoms with Crippen LogP contribution >= 0.6 is 0 Å².